The van der Waals surface area contributed by atoms with Gasteiger partial charge in [0.25, 0.3) is 0 Å². The Hall–Kier alpha value is -0.570. The fraction of sp³-hybridized carbons (Fsp3) is 0.909. The summed E-state index contributed by atoms with van der Waals surface area (Å²) in [6.45, 7) is 3.14. The Balaban J connectivity index is 1.89. The van der Waals surface area contributed by atoms with E-state index in [0.29, 0.717) is 12.5 Å². The van der Waals surface area contributed by atoms with Gasteiger partial charge in [0.2, 0.25) is 0 Å². The van der Waals surface area contributed by atoms with Gasteiger partial charge in [-0.2, -0.15) is 0 Å². The maximum absolute atomic E-state index is 10.8. The van der Waals surface area contributed by atoms with Gasteiger partial charge in [0.1, 0.15) is 0 Å². The normalized spacial score (nSPS) is 17.9. The Morgan fingerprint density at radius 3 is 2.86 bits per heavy atom. The van der Waals surface area contributed by atoms with Crippen LogP contribution < -0.4 is 5.32 Å². The average molecular weight is 199 g/mol. The zero-order valence-corrected chi connectivity index (χ0v) is 9.21. The number of hydrogen-bond donors (Lipinski definition) is 1. The lowest BCUT2D eigenvalue weighted by Crippen LogP contribution is -2.27. The molecule has 0 aromatic carbocycles. The summed E-state index contributed by atoms with van der Waals surface area (Å²) in [7, 11) is 1.44. The molecule has 0 radical (unpaired) electrons. The first-order valence-electron chi connectivity index (χ1n) is 5.52. The molecule has 0 heterocycles. The summed E-state index contributed by atoms with van der Waals surface area (Å²) in [4.78, 5) is 10.8. The lowest BCUT2D eigenvalue weighted by atomic mass is 10.1. The second kappa shape index (κ2) is 6.02. The minimum atomic E-state index is -0.110. The molecule has 0 aliphatic heterocycles. The van der Waals surface area contributed by atoms with Crippen LogP contribution in [0.2, 0.25) is 0 Å². The molecule has 1 unspecified atom stereocenters. The van der Waals surface area contributed by atoms with Gasteiger partial charge in [-0.3, -0.25) is 4.79 Å². The van der Waals surface area contributed by atoms with Crippen molar-refractivity contribution >= 4 is 5.97 Å². The van der Waals surface area contributed by atoms with E-state index in [4.69, 9.17) is 0 Å². The predicted molar refractivity (Wildman–Crippen MR) is 56.1 cm³/mol. The van der Waals surface area contributed by atoms with Gasteiger partial charge in [-0.05, 0) is 32.2 Å². The fourth-order valence-electron chi connectivity index (χ4n) is 1.62. The zero-order chi connectivity index (χ0) is 10.4. The van der Waals surface area contributed by atoms with E-state index in [0.717, 1.165) is 18.9 Å². The second-order valence-electron chi connectivity index (χ2n) is 4.21. The first kappa shape index (κ1) is 11.5. The molecule has 3 nitrogen and oxygen atoms in total. The molecule has 1 saturated carbocycles. The van der Waals surface area contributed by atoms with Crippen molar-refractivity contribution in [2.75, 3.05) is 13.7 Å². The highest BCUT2D eigenvalue weighted by Crippen LogP contribution is 2.33. The number of carbonyl (C=O) groups is 1. The van der Waals surface area contributed by atoms with Crippen LogP contribution >= 0.6 is 0 Å². The van der Waals surface area contributed by atoms with E-state index >= 15 is 0 Å². The molecule has 1 aliphatic carbocycles. The van der Waals surface area contributed by atoms with E-state index in [1.165, 1.54) is 26.4 Å². The maximum atomic E-state index is 10.8. The molecule has 1 N–H and O–H groups in total. The Bertz CT molecular complexity index is 178. The number of methoxy groups -OCH3 is 1. The zero-order valence-electron chi connectivity index (χ0n) is 9.21. The summed E-state index contributed by atoms with van der Waals surface area (Å²) < 4.78 is 4.57. The molecular formula is C11H21NO2. The number of hydrogen-bond acceptors (Lipinski definition) is 3. The smallest absolute Gasteiger partial charge is 0.305 e. The van der Waals surface area contributed by atoms with Crippen molar-refractivity contribution in [3.8, 4) is 0 Å². The topological polar surface area (TPSA) is 38.3 Å². The van der Waals surface area contributed by atoms with Crippen LogP contribution in [-0.2, 0) is 9.53 Å². The number of rotatable bonds is 7. The molecule has 0 saturated heterocycles. The molecule has 0 spiro atoms. The van der Waals surface area contributed by atoms with Crippen LogP contribution in [0.3, 0.4) is 0 Å². The first-order chi connectivity index (χ1) is 6.72. The number of esters is 1. The van der Waals surface area contributed by atoms with Gasteiger partial charge in [0.05, 0.1) is 7.11 Å². The number of carbonyl (C=O) groups excluding carboxylic acids is 1. The van der Waals surface area contributed by atoms with Crippen molar-refractivity contribution in [3.63, 3.8) is 0 Å². The molecule has 1 atom stereocenters. The SMILES string of the molecule is COC(=O)CCCNC(C)CC1CC1. The molecule has 1 rings (SSSR count). The standard InChI is InChI=1S/C11H21NO2/c1-9(8-10-5-6-10)12-7-3-4-11(13)14-2/h9-10,12H,3-8H2,1-2H3. The lowest BCUT2D eigenvalue weighted by Gasteiger charge is -2.12. The summed E-state index contributed by atoms with van der Waals surface area (Å²) in [6.07, 6.45) is 5.52. The molecular weight excluding hydrogens is 178 g/mol. The number of nitrogens with one attached hydrogen (secondary N) is 1. The number of ether oxygens (including phenoxy) is 1. The highest BCUT2D eigenvalue weighted by atomic mass is 16.5. The molecule has 0 amide bonds. The summed E-state index contributed by atoms with van der Waals surface area (Å²) >= 11 is 0. The maximum Gasteiger partial charge on any atom is 0.305 e. The van der Waals surface area contributed by atoms with Crippen LogP contribution in [0.5, 0.6) is 0 Å². The van der Waals surface area contributed by atoms with Crippen molar-refractivity contribution in [3.05, 3.63) is 0 Å². The molecule has 82 valence electrons. The van der Waals surface area contributed by atoms with Crippen LogP contribution in [0.1, 0.15) is 39.0 Å². The quantitative estimate of drug-likeness (QED) is 0.501. The van der Waals surface area contributed by atoms with E-state index in [-0.39, 0.29) is 5.97 Å². The van der Waals surface area contributed by atoms with Crippen LogP contribution in [-0.4, -0.2) is 25.7 Å². The fourth-order valence-corrected chi connectivity index (χ4v) is 1.62. The van der Waals surface area contributed by atoms with Crippen LogP contribution in [0.15, 0.2) is 0 Å². The monoisotopic (exact) mass is 199 g/mol. The van der Waals surface area contributed by atoms with Crippen molar-refractivity contribution in [2.45, 2.75) is 45.1 Å². The van der Waals surface area contributed by atoms with Crippen molar-refractivity contribution in [2.24, 2.45) is 5.92 Å². The second-order valence-corrected chi connectivity index (χ2v) is 4.21. The van der Waals surface area contributed by atoms with Crippen LogP contribution in [0.4, 0.5) is 0 Å². The van der Waals surface area contributed by atoms with Gasteiger partial charge in [-0.15, -0.1) is 0 Å². The summed E-state index contributed by atoms with van der Waals surface area (Å²) in [5, 5.41) is 3.43. The summed E-state index contributed by atoms with van der Waals surface area (Å²) in [5.74, 6) is 0.861. The van der Waals surface area contributed by atoms with E-state index in [2.05, 4.69) is 17.0 Å². The van der Waals surface area contributed by atoms with Gasteiger partial charge >= 0.3 is 5.97 Å². The Labute approximate surface area is 86.2 Å². The van der Waals surface area contributed by atoms with Crippen molar-refractivity contribution in [1.82, 2.24) is 5.32 Å². The lowest BCUT2D eigenvalue weighted by molar-refractivity contribution is -0.140. The molecule has 0 aromatic heterocycles. The van der Waals surface area contributed by atoms with Crippen molar-refractivity contribution < 1.29 is 9.53 Å². The molecule has 0 bridgehead atoms. The molecule has 1 fully saturated rings. The van der Waals surface area contributed by atoms with Gasteiger partial charge < -0.3 is 10.1 Å². The van der Waals surface area contributed by atoms with Gasteiger partial charge in [-0.1, -0.05) is 12.8 Å². The van der Waals surface area contributed by atoms with E-state index in [1.807, 2.05) is 0 Å². The van der Waals surface area contributed by atoms with Gasteiger partial charge in [0.15, 0.2) is 0 Å². The summed E-state index contributed by atoms with van der Waals surface area (Å²) in [6, 6.07) is 0.597. The molecule has 14 heavy (non-hydrogen) atoms. The highest BCUT2D eigenvalue weighted by Gasteiger charge is 2.23. The average Bonchev–Trinajstić information content (AvgIpc) is 2.95. The van der Waals surface area contributed by atoms with E-state index < -0.39 is 0 Å². The Morgan fingerprint density at radius 2 is 2.29 bits per heavy atom. The third-order valence-corrected chi connectivity index (χ3v) is 2.66. The highest BCUT2D eigenvalue weighted by molar-refractivity contribution is 5.69. The molecule has 3 heteroatoms. The van der Waals surface area contributed by atoms with Gasteiger partial charge in [-0.25, -0.2) is 0 Å². The summed E-state index contributed by atoms with van der Waals surface area (Å²) in [5.41, 5.74) is 0. The third-order valence-electron chi connectivity index (χ3n) is 2.66. The van der Waals surface area contributed by atoms with Gasteiger partial charge in [0, 0.05) is 12.5 Å². The third kappa shape index (κ3) is 5.22. The Morgan fingerprint density at radius 1 is 1.57 bits per heavy atom. The van der Waals surface area contributed by atoms with Crippen LogP contribution in [0, 0.1) is 5.92 Å². The van der Waals surface area contributed by atoms with Crippen LogP contribution in [0.25, 0.3) is 0 Å². The first-order valence-corrected chi connectivity index (χ1v) is 5.52. The minimum absolute atomic E-state index is 0.110. The van der Waals surface area contributed by atoms with E-state index in [9.17, 15) is 4.79 Å². The van der Waals surface area contributed by atoms with E-state index in [1.54, 1.807) is 0 Å². The molecule has 1 aliphatic rings. The largest absolute Gasteiger partial charge is 0.469 e. The predicted octanol–water partition coefficient (Wildman–Crippen LogP) is 1.72. The van der Waals surface area contributed by atoms with Crippen molar-refractivity contribution in [1.29, 1.82) is 0 Å². The minimum Gasteiger partial charge on any atom is -0.469 e. The molecule has 0 aromatic rings. The Kier molecular flexibility index (Phi) is 4.94.